The van der Waals surface area contributed by atoms with E-state index < -0.39 is 17.9 Å². The maximum atomic E-state index is 12.8. The highest BCUT2D eigenvalue weighted by molar-refractivity contribution is 7.98. The number of aliphatic hydroxyl groups is 1. The number of rotatable bonds is 15. The first-order valence-corrected chi connectivity index (χ1v) is 11.0. The normalized spacial score (nSPS) is 14.7. The van der Waals surface area contributed by atoms with Crippen LogP contribution in [0.3, 0.4) is 0 Å². The number of aldehydes is 1. The van der Waals surface area contributed by atoms with E-state index in [1.54, 1.807) is 25.6 Å². The molecule has 0 fully saturated rings. The summed E-state index contributed by atoms with van der Waals surface area (Å²) in [6.07, 6.45) is 3.72. The quantitative estimate of drug-likeness (QED) is 0.408. The fraction of sp³-hybridized carbons (Fsp3) is 0.800. The van der Waals surface area contributed by atoms with E-state index in [0.29, 0.717) is 12.8 Å². The van der Waals surface area contributed by atoms with Crippen molar-refractivity contribution in [3.8, 4) is 0 Å². The molecule has 0 aromatic carbocycles. The zero-order valence-corrected chi connectivity index (χ0v) is 18.0. The summed E-state index contributed by atoms with van der Waals surface area (Å²) in [7, 11) is 0. The van der Waals surface area contributed by atoms with Crippen LogP contribution in [0.5, 0.6) is 0 Å². The van der Waals surface area contributed by atoms with Crippen molar-refractivity contribution in [2.45, 2.75) is 59.4 Å². The summed E-state index contributed by atoms with van der Waals surface area (Å²) in [5.41, 5.74) is 0. The molecule has 0 aliphatic heterocycles. The van der Waals surface area contributed by atoms with Gasteiger partial charge in [0.1, 0.15) is 12.1 Å². The van der Waals surface area contributed by atoms with Crippen molar-refractivity contribution in [3.05, 3.63) is 0 Å². The summed E-state index contributed by atoms with van der Waals surface area (Å²) in [5, 5.41) is 12.3. The van der Waals surface area contributed by atoms with Gasteiger partial charge in [-0.15, -0.1) is 0 Å². The van der Waals surface area contributed by atoms with Crippen molar-refractivity contribution in [1.82, 2.24) is 5.32 Å². The molecule has 6 nitrogen and oxygen atoms in total. The van der Waals surface area contributed by atoms with Gasteiger partial charge in [0.25, 0.3) is 0 Å². The summed E-state index contributed by atoms with van der Waals surface area (Å²) in [6.45, 7) is 6.99. The second-order valence-electron chi connectivity index (χ2n) is 7.68. The molecule has 2 N–H and O–H groups in total. The lowest BCUT2D eigenvalue weighted by Crippen LogP contribution is -2.45. The molecular weight excluding hydrogens is 366 g/mol. The van der Waals surface area contributed by atoms with Crippen molar-refractivity contribution in [2.24, 2.45) is 23.7 Å². The van der Waals surface area contributed by atoms with E-state index in [1.807, 2.05) is 20.1 Å². The molecule has 3 unspecified atom stereocenters. The third kappa shape index (κ3) is 10.1. The summed E-state index contributed by atoms with van der Waals surface area (Å²) in [4.78, 5) is 48.4. The lowest BCUT2D eigenvalue weighted by Gasteiger charge is -2.24. The van der Waals surface area contributed by atoms with Gasteiger partial charge in [0.2, 0.25) is 5.91 Å². The van der Waals surface area contributed by atoms with E-state index in [1.165, 1.54) is 0 Å². The predicted octanol–water partition coefficient (Wildman–Crippen LogP) is 2.27. The number of carbonyl (C=O) groups excluding carboxylic acids is 4. The lowest BCUT2D eigenvalue weighted by atomic mass is 9.88. The minimum Gasteiger partial charge on any atom is -0.396 e. The topological polar surface area (TPSA) is 101 Å². The van der Waals surface area contributed by atoms with Crippen LogP contribution in [0.25, 0.3) is 0 Å². The zero-order chi connectivity index (χ0) is 21.0. The molecular formula is C20H35NO5S. The van der Waals surface area contributed by atoms with Crippen LogP contribution in [0.1, 0.15) is 53.4 Å². The molecule has 0 aromatic heterocycles. The molecule has 0 saturated carbocycles. The first-order valence-electron chi connectivity index (χ1n) is 9.58. The minimum atomic E-state index is -0.744. The average molecular weight is 402 g/mol. The standard InChI is InChI=1S/C20H35NO5S/c1-13(2)10-17(18(24)11-16(12-23)19(25)14(3)4)21-20(26)15(6-8-22)7-9-27-5/h8,13-17,23H,6-7,9-12H2,1-5H3,(H,21,26). The van der Waals surface area contributed by atoms with Crippen molar-refractivity contribution >= 4 is 35.5 Å². The molecule has 0 bridgehead atoms. The fourth-order valence-electron chi connectivity index (χ4n) is 2.88. The van der Waals surface area contributed by atoms with Gasteiger partial charge in [0, 0.05) is 30.6 Å². The number of hydrogen-bond donors (Lipinski definition) is 2. The van der Waals surface area contributed by atoms with Gasteiger partial charge in [0.15, 0.2) is 5.78 Å². The van der Waals surface area contributed by atoms with Crippen molar-refractivity contribution in [2.75, 3.05) is 18.6 Å². The highest BCUT2D eigenvalue weighted by atomic mass is 32.2. The Hall–Kier alpha value is -1.21. The molecule has 0 heterocycles. The molecule has 156 valence electrons. The average Bonchev–Trinajstić information content (AvgIpc) is 2.61. The maximum absolute atomic E-state index is 12.8. The Morgan fingerprint density at radius 2 is 1.74 bits per heavy atom. The van der Waals surface area contributed by atoms with Crippen molar-refractivity contribution in [3.63, 3.8) is 0 Å². The van der Waals surface area contributed by atoms with Gasteiger partial charge < -0.3 is 15.2 Å². The highest BCUT2D eigenvalue weighted by Crippen LogP contribution is 2.17. The number of nitrogens with one attached hydrogen (secondary N) is 1. The van der Waals surface area contributed by atoms with E-state index in [-0.39, 0.29) is 48.8 Å². The monoisotopic (exact) mass is 401 g/mol. The minimum absolute atomic E-state index is 0.0889. The van der Waals surface area contributed by atoms with Crippen LogP contribution in [0, 0.1) is 23.7 Å². The summed E-state index contributed by atoms with van der Waals surface area (Å²) < 4.78 is 0. The first-order chi connectivity index (χ1) is 12.7. The Morgan fingerprint density at radius 3 is 2.19 bits per heavy atom. The molecule has 0 saturated heterocycles. The van der Waals surface area contributed by atoms with Gasteiger partial charge in [0.05, 0.1) is 12.6 Å². The number of ketones is 2. The molecule has 27 heavy (non-hydrogen) atoms. The molecule has 0 rings (SSSR count). The van der Waals surface area contributed by atoms with Crippen LogP contribution in [-0.2, 0) is 19.2 Å². The molecule has 7 heteroatoms. The lowest BCUT2D eigenvalue weighted by molar-refractivity contribution is -0.134. The van der Waals surface area contributed by atoms with Crippen molar-refractivity contribution < 1.29 is 24.3 Å². The first kappa shape index (κ1) is 25.8. The second kappa shape index (κ2) is 13.9. The number of hydrogen-bond acceptors (Lipinski definition) is 6. The summed E-state index contributed by atoms with van der Waals surface area (Å²) in [5.74, 6) is -1.25. The SMILES string of the molecule is CSCCC(CC=O)C(=O)NC(CC(C)C)C(=O)CC(CO)C(=O)C(C)C. The molecule has 0 aromatic rings. The van der Waals surface area contributed by atoms with E-state index in [9.17, 15) is 24.3 Å². The Morgan fingerprint density at radius 1 is 1.11 bits per heavy atom. The fourth-order valence-corrected chi connectivity index (χ4v) is 3.40. The molecule has 0 aliphatic rings. The summed E-state index contributed by atoms with van der Waals surface area (Å²) >= 11 is 1.60. The smallest absolute Gasteiger partial charge is 0.224 e. The maximum Gasteiger partial charge on any atom is 0.224 e. The second-order valence-corrected chi connectivity index (χ2v) is 8.66. The van der Waals surface area contributed by atoms with Gasteiger partial charge in [-0.05, 0) is 30.8 Å². The molecule has 0 aliphatic carbocycles. The van der Waals surface area contributed by atoms with Crippen LogP contribution < -0.4 is 5.32 Å². The van der Waals surface area contributed by atoms with E-state index in [0.717, 1.165) is 12.0 Å². The van der Waals surface area contributed by atoms with Crippen LogP contribution in [-0.4, -0.2) is 53.5 Å². The van der Waals surface area contributed by atoms with Gasteiger partial charge in [-0.2, -0.15) is 11.8 Å². The van der Waals surface area contributed by atoms with Gasteiger partial charge in [-0.1, -0.05) is 27.7 Å². The third-order valence-electron chi connectivity index (χ3n) is 4.47. The Balaban J connectivity index is 5.17. The van der Waals surface area contributed by atoms with Gasteiger partial charge >= 0.3 is 0 Å². The molecule has 0 radical (unpaired) electrons. The van der Waals surface area contributed by atoms with Gasteiger partial charge in [-0.3, -0.25) is 14.4 Å². The molecule has 3 atom stereocenters. The highest BCUT2D eigenvalue weighted by Gasteiger charge is 2.30. The summed E-state index contributed by atoms with van der Waals surface area (Å²) in [6, 6.07) is -0.713. The van der Waals surface area contributed by atoms with Crippen molar-refractivity contribution in [1.29, 1.82) is 0 Å². The van der Waals surface area contributed by atoms with Crippen LogP contribution in [0.4, 0.5) is 0 Å². The number of aliphatic hydroxyl groups excluding tert-OH is 1. The number of amides is 1. The predicted molar refractivity (Wildman–Crippen MR) is 109 cm³/mol. The van der Waals surface area contributed by atoms with E-state index >= 15 is 0 Å². The number of thioether (sulfide) groups is 1. The molecule has 1 amide bonds. The van der Waals surface area contributed by atoms with Crippen LogP contribution in [0.15, 0.2) is 0 Å². The van der Waals surface area contributed by atoms with Gasteiger partial charge in [-0.25, -0.2) is 0 Å². The number of carbonyl (C=O) groups is 4. The Labute approximate surface area is 167 Å². The zero-order valence-electron chi connectivity index (χ0n) is 17.2. The Bertz CT molecular complexity index is 493. The molecule has 0 spiro atoms. The number of Topliss-reactive ketones (excluding diaryl/α,β-unsaturated/α-hetero) is 2. The van der Waals surface area contributed by atoms with E-state index in [2.05, 4.69) is 5.32 Å². The van der Waals surface area contributed by atoms with E-state index in [4.69, 9.17) is 0 Å². The Kier molecular flexibility index (Phi) is 13.3. The third-order valence-corrected chi connectivity index (χ3v) is 5.12. The van der Waals surface area contributed by atoms with Crippen LogP contribution in [0.2, 0.25) is 0 Å². The largest absolute Gasteiger partial charge is 0.396 e. The van der Waals surface area contributed by atoms with Crippen LogP contribution >= 0.6 is 11.8 Å².